The van der Waals surface area contributed by atoms with Crippen LogP contribution in [0.5, 0.6) is 0 Å². The standard InChI is InChI=1S/C15H28O4Si/c1-15(2,3)20(5,6)19-13-8-7-11-18-12(13)9-10-14(16)17-4/h9-10,12-13H,7-8,11H2,1-6H3/b10-9-/t12-,13+/m1/s1. The summed E-state index contributed by atoms with van der Waals surface area (Å²) in [6, 6.07) is 0. The molecule has 0 spiro atoms. The second-order valence-corrected chi connectivity index (χ2v) is 11.5. The molecule has 0 radical (unpaired) electrons. The van der Waals surface area contributed by atoms with Gasteiger partial charge in [-0.15, -0.1) is 0 Å². The molecule has 116 valence electrons. The van der Waals surface area contributed by atoms with Gasteiger partial charge in [-0.05, 0) is 37.0 Å². The van der Waals surface area contributed by atoms with Crippen LogP contribution in [0.1, 0.15) is 33.6 Å². The maximum absolute atomic E-state index is 11.2. The zero-order valence-corrected chi connectivity index (χ0v) is 14.6. The largest absolute Gasteiger partial charge is 0.466 e. The van der Waals surface area contributed by atoms with Gasteiger partial charge in [0, 0.05) is 12.7 Å². The highest BCUT2D eigenvalue weighted by Gasteiger charge is 2.41. The van der Waals surface area contributed by atoms with Crippen LogP contribution in [-0.4, -0.2) is 40.2 Å². The first-order chi connectivity index (χ1) is 9.17. The van der Waals surface area contributed by atoms with E-state index in [1.807, 2.05) is 0 Å². The van der Waals surface area contributed by atoms with Crippen molar-refractivity contribution < 1.29 is 18.7 Å². The molecule has 0 bridgehead atoms. The summed E-state index contributed by atoms with van der Waals surface area (Å²) in [5.74, 6) is -0.356. The van der Waals surface area contributed by atoms with Crippen LogP contribution in [0.4, 0.5) is 0 Å². The summed E-state index contributed by atoms with van der Waals surface area (Å²) in [5.41, 5.74) is 0. The third kappa shape index (κ3) is 4.72. The third-order valence-electron chi connectivity index (χ3n) is 4.19. The number of hydrogen-bond acceptors (Lipinski definition) is 4. The molecule has 0 amide bonds. The van der Waals surface area contributed by atoms with Crippen molar-refractivity contribution in [2.45, 2.75) is 64.0 Å². The van der Waals surface area contributed by atoms with E-state index in [0.29, 0.717) is 6.61 Å². The molecule has 1 aliphatic heterocycles. The first-order valence-corrected chi connectivity index (χ1v) is 10.1. The fourth-order valence-electron chi connectivity index (χ4n) is 1.88. The molecule has 20 heavy (non-hydrogen) atoms. The SMILES string of the molecule is COC(=O)/C=C\[C@H]1OCCC[C@@H]1O[Si](C)(C)C(C)(C)C. The van der Waals surface area contributed by atoms with Gasteiger partial charge in [0.05, 0.1) is 13.2 Å². The Balaban J connectivity index is 2.75. The number of esters is 1. The van der Waals surface area contributed by atoms with E-state index in [1.165, 1.54) is 13.2 Å². The zero-order chi connectivity index (χ0) is 15.4. The van der Waals surface area contributed by atoms with Crippen LogP contribution in [0, 0.1) is 0 Å². The Kier molecular flexibility index (Phi) is 5.98. The minimum atomic E-state index is -1.83. The third-order valence-corrected chi connectivity index (χ3v) is 8.69. The van der Waals surface area contributed by atoms with E-state index < -0.39 is 8.32 Å². The molecule has 2 atom stereocenters. The molecule has 1 saturated heterocycles. The average molecular weight is 300 g/mol. The van der Waals surface area contributed by atoms with Crippen molar-refractivity contribution >= 4 is 14.3 Å². The quantitative estimate of drug-likeness (QED) is 0.454. The lowest BCUT2D eigenvalue weighted by atomic mass is 10.1. The van der Waals surface area contributed by atoms with E-state index in [9.17, 15) is 4.79 Å². The molecule has 0 N–H and O–H groups in total. The Morgan fingerprint density at radius 2 is 2.00 bits per heavy atom. The molecule has 0 aliphatic carbocycles. The van der Waals surface area contributed by atoms with Gasteiger partial charge in [-0.2, -0.15) is 0 Å². The van der Waals surface area contributed by atoms with E-state index in [1.54, 1.807) is 6.08 Å². The zero-order valence-electron chi connectivity index (χ0n) is 13.6. The minimum Gasteiger partial charge on any atom is -0.466 e. The van der Waals surface area contributed by atoms with Crippen LogP contribution >= 0.6 is 0 Å². The van der Waals surface area contributed by atoms with E-state index in [0.717, 1.165) is 12.8 Å². The lowest BCUT2D eigenvalue weighted by Crippen LogP contribution is -2.48. The normalized spacial score (nSPS) is 24.9. The van der Waals surface area contributed by atoms with Gasteiger partial charge in [-0.3, -0.25) is 0 Å². The summed E-state index contributed by atoms with van der Waals surface area (Å²) < 4.78 is 16.8. The Hall–Kier alpha value is -0.653. The topological polar surface area (TPSA) is 44.8 Å². The van der Waals surface area contributed by atoms with Crippen molar-refractivity contribution in [2.75, 3.05) is 13.7 Å². The van der Waals surface area contributed by atoms with Crippen molar-refractivity contribution in [1.82, 2.24) is 0 Å². The second kappa shape index (κ2) is 6.87. The predicted octanol–water partition coefficient (Wildman–Crippen LogP) is 3.29. The Morgan fingerprint density at radius 1 is 1.35 bits per heavy atom. The van der Waals surface area contributed by atoms with Gasteiger partial charge in [0.25, 0.3) is 0 Å². The van der Waals surface area contributed by atoms with Crippen molar-refractivity contribution in [3.63, 3.8) is 0 Å². The molecule has 1 fully saturated rings. The molecule has 0 saturated carbocycles. The Bertz CT molecular complexity index is 357. The van der Waals surface area contributed by atoms with Crippen LogP contribution < -0.4 is 0 Å². The number of hydrogen-bond donors (Lipinski definition) is 0. The highest BCUT2D eigenvalue weighted by atomic mass is 28.4. The van der Waals surface area contributed by atoms with E-state index in [2.05, 4.69) is 38.6 Å². The summed E-state index contributed by atoms with van der Waals surface area (Å²) in [4.78, 5) is 11.2. The first kappa shape index (κ1) is 17.4. The summed E-state index contributed by atoms with van der Waals surface area (Å²) in [6.07, 6.45) is 5.05. The lowest BCUT2D eigenvalue weighted by molar-refractivity contribution is -0.135. The predicted molar refractivity (Wildman–Crippen MR) is 82.2 cm³/mol. The number of carbonyl (C=O) groups is 1. The lowest BCUT2D eigenvalue weighted by Gasteiger charge is -2.42. The molecular weight excluding hydrogens is 272 g/mol. The maximum Gasteiger partial charge on any atom is 0.330 e. The highest BCUT2D eigenvalue weighted by molar-refractivity contribution is 6.74. The van der Waals surface area contributed by atoms with Gasteiger partial charge in [0.15, 0.2) is 8.32 Å². The number of rotatable bonds is 4. The second-order valence-electron chi connectivity index (χ2n) is 6.78. The summed E-state index contributed by atoms with van der Waals surface area (Å²) in [6.45, 7) is 11.9. The monoisotopic (exact) mass is 300 g/mol. The van der Waals surface area contributed by atoms with Crippen molar-refractivity contribution in [2.24, 2.45) is 0 Å². The maximum atomic E-state index is 11.2. The van der Waals surface area contributed by atoms with Crippen molar-refractivity contribution in [1.29, 1.82) is 0 Å². The smallest absolute Gasteiger partial charge is 0.330 e. The van der Waals surface area contributed by atoms with Gasteiger partial charge in [-0.25, -0.2) is 4.79 Å². The number of methoxy groups -OCH3 is 1. The van der Waals surface area contributed by atoms with Crippen LogP contribution in [0.3, 0.4) is 0 Å². The summed E-state index contributed by atoms with van der Waals surface area (Å²) in [5, 5.41) is 0.168. The number of ether oxygens (including phenoxy) is 2. The molecule has 0 unspecified atom stereocenters. The highest BCUT2D eigenvalue weighted by Crippen LogP contribution is 2.38. The van der Waals surface area contributed by atoms with Gasteiger partial charge in [0.1, 0.15) is 6.10 Å². The van der Waals surface area contributed by atoms with Crippen molar-refractivity contribution in [3.05, 3.63) is 12.2 Å². The van der Waals surface area contributed by atoms with Gasteiger partial charge >= 0.3 is 5.97 Å². The van der Waals surface area contributed by atoms with Crippen LogP contribution in [0.15, 0.2) is 12.2 Å². The van der Waals surface area contributed by atoms with E-state index in [-0.39, 0.29) is 23.2 Å². The first-order valence-electron chi connectivity index (χ1n) is 7.23. The van der Waals surface area contributed by atoms with Gasteiger partial charge in [0.2, 0.25) is 0 Å². The van der Waals surface area contributed by atoms with Crippen LogP contribution in [0.2, 0.25) is 18.1 Å². The molecule has 1 rings (SSSR count). The molecule has 0 aromatic rings. The molecule has 1 aliphatic rings. The van der Waals surface area contributed by atoms with Gasteiger partial charge < -0.3 is 13.9 Å². The Labute approximate surface area is 123 Å². The average Bonchev–Trinajstić information content (AvgIpc) is 2.35. The fraction of sp³-hybridized carbons (Fsp3) is 0.800. The minimum absolute atomic E-state index is 0.0329. The van der Waals surface area contributed by atoms with E-state index in [4.69, 9.17) is 9.16 Å². The van der Waals surface area contributed by atoms with E-state index >= 15 is 0 Å². The van der Waals surface area contributed by atoms with Crippen LogP contribution in [-0.2, 0) is 18.7 Å². The Morgan fingerprint density at radius 3 is 2.55 bits per heavy atom. The fourth-order valence-corrected chi connectivity index (χ4v) is 3.24. The van der Waals surface area contributed by atoms with Crippen LogP contribution in [0.25, 0.3) is 0 Å². The molecule has 0 aromatic heterocycles. The number of carbonyl (C=O) groups excluding carboxylic acids is 1. The molecule has 0 aromatic carbocycles. The summed E-state index contributed by atoms with van der Waals surface area (Å²) >= 11 is 0. The van der Waals surface area contributed by atoms with Crippen molar-refractivity contribution in [3.8, 4) is 0 Å². The molecular formula is C15H28O4Si. The molecule has 1 heterocycles. The van der Waals surface area contributed by atoms with Gasteiger partial charge in [-0.1, -0.05) is 20.8 Å². The molecule has 4 nitrogen and oxygen atoms in total. The summed E-state index contributed by atoms with van der Waals surface area (Å²) in [7, 11) is -0.456. The molecule has 5 heteroatoms.